The number of primary amides is 1. The number of hydrogen-bond donors (Lipinski definition) is 5. The maximum atomic E-state index is 14.3. The number of hydrogen-bond acceptors (Lipinski definition) is 17. The number of urea groups is 1. The molecule has 2 fully saturated rings. The molecule has 2 saturated heterocycles. The zero-order valence-corrected chi connectivity index (χ0v) is 50.4. The maximum Gasteiger partial charge on any atom is 0.416 e. The van der Waals surface area contributed by atoms with E-state index >= 15 is 0 Å². The van der Waals surface area contributed by atoms with E-state index in [2.05, 4.69) is 44.4 Å². The van der Waals surface area contributed by atoms with Crippen molar-refractivity contribution < 1.29 is 67.1 Å². The fourth-order valence-electron chi connectivity index (χ4n) is 11.3. The molecule has 0 spiro atoms. The number of rotatable bonds is 28. The zero-order chi connectivity index (χ0) is 63.5. The van der Waals surface area contributed by atoms with Crippen molar-refractivity contribution in [3.63, 3.8) is 0 Å². The standard InChI is InChI=1S/C63H76N12O14/c1-37(2)57(68-54(76)15-9-7-10-23-71-55(77)20-21-56(71)78)46-35-74(70-69-46)47(14-13-22-65-62(64)83)58(79)67-41-18-16-40(17-19-41)36-89-63(84)75-48-31-53(51(86-6)29-44(48)60(81)73-34-39(4)27-49(73)61(75)82)88-25-12-8-11-24-87-52-30-45-43(28-50(52)85-5)59(80)72-33-38(3)26-42(72)32-66-45/h16-21,28-32,35,37,42,47,49,57,61,82H,3-4,7-15,22-27,33-34,36H2,1-2,5-6H3,(H,67,79)(H,68,76)(H3,64,65,83)/t42-,47-,49-,57-,61-/m0/s1. The monoisotopic (exact) mass is 1220 g/mol. The third kappa shape index (κ3) is 15.2. The predicted molar refractivity (Wildman–Crippen MR) is 326 cm³/mol. The fourth-order valence-corrected chi connectivity index (χ4v) is 11.3. The lowest BCUT2D eigenvalue weighted by Gasteiger charge is -2.31. The molecular formula is C63H76N12O14. The molecule has 6 heterocycles. The number of fused-ring (bicyclic) bond motifs is 4. The van der Waals surface area contributed by atoms with Crippen molar-refractivity contribution in [1.29, 1.82) is 0 Å². The van der Waals surface area contributed by atoms with Gasteiger partial charge in [0.05, 0.1) is 74.3 Å². The van der Waals surface area contributed by atoms with E-state index in [0.29, 0.717) is 110 Å². The van der Waals surface area contributed by atoms with Crippen molar-refractivity contribution in [2.24, 2.45) is 16.6 Å². The van der Waals surface area contributed by atoms with Crippen molar-refractivity contribution in [3.8, 4) is 23.0 Å². The zero-order valence-electron chi connectivity index (χ0n) is 50.4. The highest BCUT2D eigenvalue weighted by molar-refractivity contribution is 6.13. The van der Waals surface area contributed by atoms with Crippen LogP contribution in [0.3, 0.4) is 0 Å². The van der Waals surface area contributed by atoms with E-state index in [1.54, 1.807) is 53.7 Å². The van der Waals surface area contributed by atoms with Gasteiger partial charge >= 0.3 is 12.1 Å². The van der Waals surface area contributed by atoms with Gasteiger partial charge in [0.15, 0.2) is 29.2 Å². The van der Waals surface area contributed by atoms with Crippen LogP contribution in [0.2, 0.25) is 0 Å². The van der Waals surface area contributed by atoms with Crippen LogP contribution in [0.15, 0.2) is 96.2 Å². The van der Waals surface area contributed by atoms with Crippen LogP contribution in [0, 0.1) is 5.92 Å². The molecule has 0 bridgehead atoms. The number of nitrogens with two attached hydrogens (primary N) is 1. The average molecular weight is 1230 g/mol. The Morgan fingerprint density at radius 2 is 1.44 bits per heavy atom. The molecule has 26 heteroatoms. The summed E-state index contributed by atoms with van der Waals surface area (Å²) in [6, 6.07) is 9.75. The summed E-state index contributed by atoms with van der Waals surface area (Å²) >= 11 is 0. The molecule has 9 rings (SSSR count). The van der Waals surface area contributed by atoms with Crippen LogP contribution in [-0.4, -0.2) is 161 Å². The van der Waals surface area contributed by atoms with Crippen molar-refractivity contribution >= 4 is 70.8 Å². The first-order chi connectivity index (χ1) is 42.8. The van der Waals surface area contributed by atoms with E-state index in [1.165, 1.54) is 53.0 Å². The van der Waals surface area contributed by atoms with Gasteiger partial charge in [0.25, 0.3) is 23.6 Å². The van der Waals surface area contributed by atoms with Gasteiger partial charge in [-0.05, 0) is 93.5 Å². The van der Waals surface area contributed by atoms with Gasteiger partial charge in [0, 0.05) is 68.8 Å². The number of ether oxygens (including phenoxy) is 5. The molecule has 9 amide bonds. The van der Waals surface area contributed by atoms with E-state index in [-0.39, 0.29) is 110 Å². The fraction of sp³-hybridized carbons (Fsp3) is 0.444. The van der Waals surface area contributed by atoms with Gasteiger partial charge in [-0.25, -0.2) is 19.2 Å². The Hall–Kier alpha value is -9.59. The minimum atomic E-state index is -1.54. The lowest BCUT2D eigenvalue weighted by Crippen LogP contribution is -2.50. The highest BCUT2D eigenvalue weighted by Gasteiger charge is 2.46. The van der Waals surface area contributed by atoms with Gasteiger partial charge in [0.2, 0.25) is 11.8 Å². The van der Waals surface area contributed by atoms with Crippen LogP contribution in [0.4, 0.5) is 26.7 Å². The Kier molecular flexibility index (Phi) is 20.8. The number of aliphatic hydroxyl groups excluding tert-OH is 1. The van der Waals surface area contributed by atoms with Crippen LogP contribution < -0.4 is 45.5 Å². The first kappa shape index (κ1) is 63.9. The Balaban J connectivity index is 0.807. The van der Waals surface area contributed by atoms with Crippen molar-refractivity contribution in [2.45, 2.75) is 121 Å². The number of anilines is 2. The molecule has 26 nitrogen and oxygen atoms in total. The second kappa shape index (κ2) is 28.9. The molecule has 5 atom stereocenters. The Bertz CT molecular complexity index is 3420. The van der Waals surface area contributed by atoms with Crippen LogP contribution in [0.25, 0.3) is 0 Å². The van der Waals surface area contributed by atoms with Crippen LogP contribution in [-0.2, 0) is 30.5 Å². The first-order valence-electron chi connectivity index (χ1n) is 29.8. The maximum absolute atomic E-state index is 14.3. The summed E-state index contributed by atoms with van der Waals surface area (Å²) in [6.07, 6.45) is 8.66. The van der Waals surface area contributed by atoms with Gasteiger partial charge in [-0.15, -0.1) is 5.10 Å². The number of imide groups is 1. The van der Waals surface area contributed by atoms with Gasteiger partial charge < -0.3 is 60.3 Å². The molecule has 0 aliphatic carbocycles. The number of aliphatic hydroxyl groups is 1. The highest BCUT2D eigenvalue weighted by atomic mass is 16.6. The van der Waals surface area contributed by atoms with Gasteiger partial charge in [-0.3, -0.25) is 38.7 Å². The summed E-state index contributed by atoms with van der Waals surface area (Å²) in [5.41, 5.74) is 9.40. The summed E-state index contributed by atoms with van der Waals surface area (Å²) < 4.78 is 31.0. The molecule has 3 aromatic carbocycles. The largest absolute Gasteiger partial charge is 0.493 e. The molecule has 0 radical (unpaired) electrons. The predicted octanol–water partition coefficient (Wildman–Crippen LogP) is 6.58. The minimum absolute atomic E-state index is 0.0556. The molecule has 1 aromatic heterocycles. The van der Waals surface area contributed by atoms with E-state index in [9.17, 15) is 43.5 Å². The summed E-state index contributed by atoms with van der Waals surface area (Å²) in [6.45, 7) is 13.3. The molecule has 89 heavy (non-hydrogen) atoms. The number of aromatic nitrogens is 3. The summed E-state index contributed by atoms with van der Waals surface area (Å²) in [5, 5.41) is 29.1. The molecule has 4 aromatic rings. The lowest BCUT2D eigenvalue weighted by atomic mass is 10.0. The molecular weight excluding hydrogens is 1150 g/mol. The van der Waals surface area contributed by atoms with Gasteiger partial charge in [0.1, 0.15) is 18.3 Å². The Morgan fingerprint density at radius 1 is 0.787 bits per heavy atom. The smallest absolute Gasteiger partial charge is 0.416 e. The van der Waals surface area contributed by atoms with Gasteiger partial charge in [-0.2, -0.15) is 0 Å². The van der Waals surface area contributed by atoms with E-state index < -0.39 is 48.3 Å². The first-order valence-corrected chi connectivity index (χ1v) is 29.8. The number of carbonyl (C=O) groups excluding carboxylic acids is 8. The number of unbranched alkanes of at least 4 members (excludes halogenated alkanes) is 4. The number of nitrogens with zero attached hydrogens (tertiary/aromatic N) is 8. The Labute approximate surface area is 515 Å². The third-order valence-electron chi connectivity index (χ3n) is 16.1. The highest BCUT2D eigenvalue weighted by Crippen LogP contribution is 2.43. The second-order valence-electron chi connectivity index (χ2n) is 22.8. The molecule has 0 saturated carbocycles. The number of aliphatic imine (C=N–C) groups is 1. The normalized spacial score (nSPS) is 18.2. The topological polar surface area (TPSA) is 321 Å². The molecule has 6 N–H and O–H groups in total. The number of carbonyl (C=O) groups is 8. The lowest BCUT2D eigenvalue weighted by molar-refractivity contribution is -0.137. The van der Waals surface area contributed by atoms with Crippen LogP contribution in [0.1, 0.15) is 129 Å². The van der Waals surface area contributed by atoms with E-state index in [4.69, 9.17) is 29.4 Å². The molecule has 5 aliphatic heterocycles. The average Bonchev–Trinajstić information content (AvgIpc) is 1.74. The Morgan fingerprint density at radius 3 is 2.12 bits per heavy atom. The number of amides is 9. The molecule has 0 unspecified atom stereocenters. The van der Waals surface area contributed by atoms with Crippen LogP contribution >= 0.6 is 0 Å². The summed E-state index contributed by atoms with van der Waals surface area (Å²) in [4.78, 5) is 115. The third-order valence-corrected chi connectivity index (χ3v) is 16.1. The minimum Gasteiger partial charge on any atom is -0.493 e. The second-order valence-corrected chi connectivity index (χ2v) is 22.8. The SMILES string of the molecule is C=C1C[C@H]2C=Nc3cc(OCCCCCOc4cc5c(cc4OC)C(=O)N4CC(=C)C[C@H]4[C@H](O)N5C(=O)OCc4ccc(NC(=O)[C@H](CCCNC(N)=O)n5cc([C@@H](NC(=O)CCCCCN6C(=O)C=CC6=O)C(C)C)nn5)cc4)c(OC)cc3C(=O)N2C1. The molecule has 472 valence electrons. The van der Waals surface area contributed by atoms with E-state index in [1.807, 2.05) is 13.8 Å². The van der Waals surface area contributed by atoms with E-state index in [0.717, 1.165) is 10.5 Å². The van der Waals surface area contributed by atoms with Gasteiger partial charge in [-0.1, -0.05) is 61.9 Å². The number of nitrogens with one attached hydrogen (secondary N) is 3. The van der Waals surface area contributed by atoms with Crippen molar-refractivity contribution in [3.05, 3.63) is 114 Å². The van der Waals surface area contributed by atoms with Crippen molar-refractivity contribution in [2.75, 3.05) is 63.8 Å². The van der Waals surface area contributed by atoms with Crippen molar-refractivity contribution in [1.82, 2.24) is 40.3 Å². The number of benzene rings is 3. The molecule has 5 aliphatic rings. The summed E-state index contributed by atoms with van der Waals surface area (Å²) in [5.74, 6) is -0.717. The summed E-state index contributed by atoms with van der Waals surface area (Å²) in [7, 11) is 2.96. The quantitative estimate of drug-likeness (QED) is 0.0228. The van der Waals surface area contributed by atoms with Crippen LogP contribution in [0.5, 0.6) is 23.0 Å². The number of methoxy groups -OCH3 is 2.